The molecular weight excluding hydrogens is 407 g/mol. The Bertz CT molecular complexity index is 1040. The van der Waals surface area contributed by atoms with Gasteiger partial charge in [-0.15, -0.1) is 0 Å². The second-order valence-electron chi connectivity index (χ2n) is 8.07. The van der Waals surface area contributed by atoms with Crippen molar-refractivity contribution in [2.45, 2.75) is 58.4 Å². The Kier molecular flexibility index (Phi) is 6.62. The topological polar surface area (TPSA) is 84.3 Å². The number of benzene rings is 1. The fourth-order valence-corrected chi connectivity index (χ4v) is 5.57. The molecule has 0 spiro atoms. The number of halogens is 1. The molecule has 164 valence electrons. The molecule has 7 nitrogen and oxygen atoms in total. The van der Waals surface area contributed by atoms with Crippen LogP contribution in [-0.2, 0) is 21.4 Å². The van der Waals surface area contributed by atoms with Crippen molar-refractivity contribution in [1.82, 2.24) is 14.1 Å². The maximum Gasteiger partial charge on any atom is 0.246 e. The first-order valence-corrected chi connectivity index (χ1v) is 11.6. The Morgan fingerprint density at radius 3 is 2.53 bits per heavy atom. The van der Waals surface area contributed by atoms with E-state index in [4.69, 9.17) is 0 Å². The number of hydrogen-bond acceptors (Lipinski definition) is 4. The molecule has 1 aromatic carbocycles. The molecule has 0 radical (unpaired) electrons. The number of rotatable bonds is 6. The number of carbonyl (C=O) groups excluding carboxylic acids is 1. The van der Waals surface area contributed by atoms with E-state index >= 15 is 0 Å². The number of aromatic nitrogens is 2. The van der Waals surface area contributed by atoms with Gasteiger partial charge in [0.2, 0.25) is 15.9 Å². The molecule has 1 fully saturated rings. The van der Waals surface area contributed by atoms with Gasteiger partial charge in [-0.2, -0.15) is 9.40 Å². The molecular formula is C21H29FN4O3S. The van der Waals surface area contributed by atoms with Crippen LogP contribution in [0, 0.1) is 32.5 Å². The number of amides is 1. The van der Waals surface area contributed by atoms with Gasteiger partial charge in [0.05, 0.1) is 17.9 Å². The Hall–Kier alpha value is -2.26. The Balaban J connectivity index is 1.69. The number of nitrogens with zero attached hydrogens (tertiary/aromatic N) is 3. The van der Waals surface area contributed by atoms with E-state index in [0.717, 1.165) is 12.8 Å². The summed E-state index contributed by atoms with van der Waals surface area (Å²) in [5.74, 6) is -0.143. The first-order chi connectivity index (χ1) is 14.1. The first kappa shape index (κ1) is 22.4. The molecule has 1 aliphatic rings. The summed E-state index contributed by atoms with van der Waals surface area (Å²) in [6.45, 7) is 8.45. The summed E-state index contributed by atoms with van der Waals surface area (Å²) in [6.07, 6.45) is 1.80. The lowest BCUT2D eigenvalue weighted by Gasteiger charge is -2.29. The van der Waals surface area contributed by atoms with Crippen LogP contribution in [0.15, 0.2) is 23.1 Å². The van der Waals surface area contributed by atoms with Gasteiger partial charge in [0, 0.05) is 25.2 Å². The highest BCUT2D eigenvalue weighted by atomic mass is 32.2. The van der Waals surface area contributed by atoms with Gasteiger partial charge >= 0.3 is 0 Å². The molecule has 1 saturated heterocycles. The smallest absolute Gasteiger partial charge is 0.246 e. The molecule has 0 atom stereocenters. The van der Waals surface area contributed by atoms with E-state index in [1.54, 1.807) is 37.6 Å². The van der Waals surface area contributed by atoms with Gasteiger partial charge in [0.25, 0.3) is 0 Å². The third kappa shape index (κ3) is 4.73. The fraction of sp³-hybridized carbons (Fsp3) is 0.524. The maximum absolute atomic E-state index is 13.6. The maximum atomic E-state index is 13.6. The van der Waals surface area contributed by atoms with E-state index in [1.807, 2.05) is 0 Å². The van der Waals surface area contributed by atoms with E-state index in [-0.39, 0.29) is 29.6 Å². The van der Waals surface area contributed by atoms with Crippen molar-refractivity contribution < 1.29 is 17.6 Å². The minimum atomic E-state index is -3.61. The van der Waals surface area contributed by atoms with Crippen LogP contribution in [0.5, 0.6) is 0 Å². The van der Waals surface area contributed by atoms with Crippen molar-refractivity contribution in [2.75, 3.05) is 18.4 Å². The Morgan fingerprint density at radius 1 is 1.23 bits per heavy atom. The Morgan fingerprint density at radius 2 is 1.90 bits per heavy atom. The van der Waals surface area contributed by atoms with Crippen LogP contribution in [0.2, 0.25) is 0 Å². The molecule has 1 amide bonds. The van der Waals surface area contributed by atoms with Crippen LogP contribution in [0.1, 0.15) is 43.1 Å². The van der Waals surface area contributed by atoms with Crippen molar-refractivity contribution in [3.05, 3.63) is 41.0 Å². The zero-order valence-corrected chi connectivity index (χ0v) is 18.7. The van der Waals surface area contributed by atoms with Gasteiger partial charge in [-0.05, 0) is 57.2 Å². The molecule has 1 N–H and O–H groups in total. The SMILES string of the molecule is Cc1ccc(NC(=O)CCn2nc(C)c(S(=O)(=O)N3CCC(C)CC3)c2C)cc1F. The quantitative estimate of drug-likeness (QED) is 0.752. The molecule has 2 aromatic rings. The second kappa shape index (κ2) is 8.85. The standard InChI is InChI=1S/C21H29FN4O3S/c1-14-7-10-25(11-8-14)30(28,29)21-16(3)24-26(17(21)4)12-9-20(27)23-18-6-5-15(2)19(22)13-18/h5-6,13-14H,7-12H2,1-4H3,(H,23,27). The van der Waals surface area contributed by atoms with Crippen LogP contribution in [0.25, 0.3) is 0 Å². The van der Waals surface area contributed by atoms with Crippen molar-refractivity contribution in [1.29, 1.82) is 0 Å². The van der Waals surface area contributed by atoms with Gasteiger partial charge in [-0.3, -0.25) is 9.48 Å². The molecule has 3 rings (SSSR count). The van der Waals surface area contributed by atoms with E-state index in [0.29, 0.717) is 41.6 Å². The van der Waals surface area contributed by atoms with Crippen LogP contribution >= 0.6 is 0 Å². The van der Waals surface area contributed by atoms with Crippen LogP contribution < -0.4 is 5.32 Å². The van der Waals surface area contributed by atoms with Gasteiger partial charge in [-0.25, -0.2) is 12.8 Å². The molecule has 0 saturated carbocycles. The molecule has 0 aliphatic carbocycles. The highest BCUT2D eigenvalue weighted by molar-refractivity contribution is 7.89. The van der Waals surface area contributed by atoms with Crippen LogP contribution in [0.3, 0.4) is 0 Å². The minimum absolute atomic E-state index is 0.0954. The fourth-order valence-electron chi connectivity index (χ4n) is 3.73. The van der Waals surface area contributed by atoms with Crippen LogP contribution in [0.4, 0.5) is 10.1 Å². The van der Waals surface area contributed by atoms with Gasteiger partial charge in [0.15, 0.2) is 0 Å². The number of anilines is 1. The zero-order chi connectivity index (χ0) is 22.1. The molecule has 1 aliphatic heterocycles. The summed E-state index contributed by atoms with van der Waals surface area (Å²) in [7, 11) is -3.61. The van der Waals surface area contributed by atoms with Gasteiger partial charge in [-0.1, -0.05) is 13.0 Å². The average molecular weight is 437 g/mol. The minimum Gasteiger partial charge on any atom is -0.326 e. The second-order valence-corrected chi connectivity index (χ2v) is 9.95. The first-order valence-electron chi connectivity index (χ1n) is 10.2. The predicted octanol–water partition coefficient (Wildman–Crippen LogP) is 3.40. The number of hydrogen-bond donors (Lipinski definition) is 1. The summed E-state index contributed by atoms with van der Waals surface area (Å²) in [5, 5.41) is 7.02. The lowest BCUT2D eigenvalue weighted by atomic mass is 10.0. The number of piperidine rings is 1. The number of carbonyl (C=O) groups is 1. The largest absolute Gasteiger partial charge is 0.326 e. The monoisotopic (exact) mass is 436 g/mol. The third-order valence-corrected chi connectivity index (χ3v) is 7.81. The number of aryl methyl sites for hydroxylation is 3. The predicted molar refractivity (Wildman–Crippen MR) is 113 cm³/mol. The normalized spacial score (nSPS) is 16.0. The molecule has 0 unspecified atom stereocenters. The molecule has 9 heteroatoms. The summed E-state index contributed by atoms with van der Waals surface area (Å²) in [5.41, 5.74) is 1.86. The van der Waals surface area contributed by atoms with Crippen molar-refractivity contribution in [3.63, 3.8) is 0 Å². The zero-order valence-electron chi connectivity index (χ0n) is 17.9. The highest BCUT2D eigenvalue weighted by Gasteiger charge is 2.33. The van der Waals surface area contributed by atoms with Crippen LogP contribution in [-0.4, -0.2) is 41.5 Å². The van der Waals surface area contributed by atoms with E-state index in [9.17, 15) is 17.6 Å². The summed E-state index contributed by atoms with van der Waals surface area (Å²) < 4.78 is 43.0. The molecule has 30 heavy (non-hydrogen) atoms. The number of nitrogens with one attached hydrogen (secondary N) is 1. The van der Waals surface area contributed by atoms with E-state index < -0.39 is 10.0 Å². The molecule has 2 heterocycles. The van der Waals surface area contributed by atoms with Crippen molar-refractivity contribution in [3.8, 4) is 0 Å². The van der Waals surface area contributed by atoms with Crippen molar-refractivity contribution >= 4 is 21.6 Å². The number of sulfonamides is 1. The molecule has 1 aromatic heterocycles. The lowest BCUT2D eigenvalue weighted by molar-refractivity contribution is -0.116. The van der Waals surface area contributed by atoms with E-state index in [2.05, 4.69) is 17.3 Å². The average Bonchev–Trinajstić information content (AvgIpc) is 2.97. The van der Waals surface area contributed by atoms with E-state index in [1.165, 1.54) is 10.4 Å². The Labute approximate surface area is 177 Å². The lowest BCUT2D eigenvalue weighted by Crippen LogP contribution is -2.38. The summed E-state index contributed by atoms with van der Waals surface area (Å²) >= 11 is 0. The summed E-state index contributed by atoms with van der Waals surface area (Å²) in [6, 6.07) is 4.52. The third-order valence-electron chi connectivity index (χ3n) is 5.66. The molecule has 0 bridgehead atoms. The van der Waals surface area contributed by atoms with Gasteiger partial charge in [0.1, 0.15) is 10.7 Å². The van der Waals surface area contributed by atoms with Gasteiger partial charge < -0.3 is 5.32 Å². The highest BCUT2D eigenvalue weighted by Crippen LogP contribution is 2.27. The van der Waals surface area contributed by atoms with Crippen molar-refractivity contribution in [2.24, 2.45) is 5.92 Å². The summed E-state index contributed by atoms with van der Waals surface area (Å²) in [4.78, 5) is 12.5.